The molecule has 0 saturated carbocycles. The van der Waals surface area contributed by atoms with E-state index in [0.717, 1.165) is 23.3 Å². The van der Waals surface area contributed by atoms with Crippen molar-refractivity contribution in [3.63, 3.8) is 0 Å². The number of hydrogen-bond acceptors (Lipinski definition) is 4. The highest BCUT2D eigenvalue weighted by Crippen LogP contribution is 2.31. The van der Waals surface area contributed by atoms with Crippen LogP contribution in [0.3, 0.4) is 0 Å². The van der Waals surface area contributed by atoms with Gasteiger partial charge in [-0.25, -0.2) is 4.79 Å². The summed E-state index contributed by atoms with van der Waals surface area (Å²) in [5.74, 6) is -1.37. The van der Waals surface area contributed by atoms with Gasteiger partial charge < -0.3 is 15.8 Å². The third-order valence-electron chi connectivity index (χ3n) is 4.12. The molecular weight excluding hydrogens is 373 g/mol. The van der Waals surface area contributed by atoms with E-state index >= 15 is 0 Å². The Balaban J connectivity index is 2.05. The highest BCUT2D eigenvalue weighted by atomic mass is 19.4. The van der Waals surface area contributed by atoms with Crippen molar-refractivity contribution < 1.29 is 27.5 Å². The lowest BCUT2D eigenvalue weighted by atomic mass is 9.98. The molecule has 1 amide bonds. The zero-order valence-electron chi connectivity index (χ0n) is 15.7. The molecule has 0 atom stereocenters. The maximum atomic E-state index is 12.7. The molecule has 0 unspecified atom stereocenters. The van der Waals surface area contributed by atoms with Gasteiger partial charge in [-0.3, -0.25) is 4.79 Å². The zero-order valence-corrected chi connectivity index (χ0v) is 15.7. The van der Waals surface area contributed by atoms with Gasteiger partial charge in [-0.05, 0) is 42.2 Å². The molecule has 2 rings (SSSR count). The van der Waals surface area contributed by atoms with Gasteiger partial charge in [0.1, 0.15) is 0 Å². The zero-order chi connectivity index (χ0) is 21.1. The molecule has 5 nitrogen and oxygen atoms in total. The van der Waals surface area contributed by atoms with Crippen LogP contribution in [-0.4, -0.2) is 18.5 Å². The second-order valence-electron chi connectivity index (χ2n) is 6.62. The van der Waals surface area contributed by atoms with Crippen LogP contribution in [0.15, 0.2) is 36.4 Å². The first-order chi connectivity index (χ1) is 13.0. The van der Waals surface area contributed by atoms with Crippen molar-refractivity contribution in [3.05, 3.63) is 58.7 Å². The number of para-hydroxylation sites is 1. The largest absolute Gasteiger partial charge is 0.452 e. The van der Waals surface area contributed by atoms with Crippen molar-refractivity contribution in [1.29, 1.82) is 0 Å². The van der Waals surface area contributed by atoms with Crippen LogP contribution >= 0.6 is 0 Å². The Labute approximate surface area is 160 Å². The maximum Gasteiger partial charge on any atom is 0.416 e. The minimum absolute atomic E-state index is 0.171. The summed E-state index contributed by atoms with van der Waals surface area (Å²) in [5.41, 5.74) is 6.38. The summed E-state index contributed by atoms with van der Waals surface area (Å²) in [5, 5.41) is 2.71. The number of benzene rings is 2. The molecular formula is C20H21F3N2O3. The van der Waals surface area contributed by atoms with Gasteiger partial charge in [0.15, 0.2) is 6.61 Å². The van der Waals surface area contributed by atoms with Crippen molar-refractivity contribution >= 4 is 23.3 Å². The SMILES string of the molecule is Cc1cccc(C(C)C)c1NC(=O)COC(=O)c1ccc(C(F)(F)F)cc1N. The Morgan fingerprint density at radius 2 is 1.86 bits per heavy atom. The summed E-state index contributed by atoms with van der Waals surface area (Å²) in [7, 11) is 0. The quantitative estimate of drug-likeness (QED) is 0.577. The van der Waals surface area contributed by atoms with Gasteiger partial charge >= 0.3 is 12.1 Å². The second-order valence-corrected chi connectivity index (χ2v) is 6.62. The van der Waals surface area contributed by atoms with E-state index in [1.807, 2.05) is 39.0 Å². The predicted octanol–water partition coefficient (Wildman–Crippen LogP) is 4.51. The number of halogens is 3. The Kier molecular flexibility index (Phi) is 6.33. The molecule has 150 valence electrons. The van der Waals surface area contributed by atoms with Crippen molar-refractivity contribution in [2.75, 3.05) is 17.7 Å². The summed E-state index contributed by atoms with van der Waals surface area (Å²) in [4.78, 5) is 24.2. The molecule has 0 aliphatic carbocycles. The molecule has 2 aromatic carbocycles. The summed E-state index contributed by atoms with van der Waals surface area (Å²) in [6.45, 7) is 5.22. The lowest BCUT2D eigenvalue weighted by molar-refractivity contribution is -0.137. The van der Waals surface area contributed by atoms with E-state index in [9.17, 15) is 22.8 Å². The lowest BCUT2D eigenvalue weighted by Gasteiger charge is -2.16. The van der Waals surface area contributed by atoms with Gasteiger partial charge in [0, 0.05) is 11.4 Å². The van der Waals surface area contributed by atoms with Crippen molar-refractivity contribution in [2.45, 2.75) is 32.9 Å². The first-order valence-electron chi connectivity index (χ1n) is 8.54. The van der Waals surface area contributed by atoms with E-state index in [2.05, 4.69) is 5.32 Å². The van der Waals surface area contributed by atoms with Crippen LogP contribution in [0.5, 0.6) is 0 Å². The number of esters is 1. The van der Waals surface area contributed by atoms with Crippen molar-refractivity contribution in [2.24, 2.45) is 0 Å². The number of carbonyl (C=O) groups is 2. The number of hydrogen-bond donors (Lipinski definition) is 2. The first kappa shape index (κ1) is 21.3. The molecule has 0 heterocycles. The average Bonchev–Trinajstić information content (AvgIpc) is 2.60. The normalized spacial score (nSPS) is 11.4. The van der Waals surface area contributed by atoms with E-state index < -0.39 is 30.2 Å². The van der Waals surface area contributed by atoms with E-state index in [-0.39, 0.29) is 17.2 Å². The van der Waals surface area contributed by atoms with Crippen LogP contribution in [0.2, 0.25) is 0 Å². The molecule has 28 heavy (non-hydrogen) atoms. The van der Waals surface area contributed by atoms with Crippen molar-refractivity contribution in [1.82, 2.24) is 0 Å². The molecule has 0 aromatic heterocycles. The number of anilines is 2. The van der Waals surface area contributed by atoms with Crippen molar-refractivity contribution in [3.8, 4) is 0 Å². The van der Waals surface area contributed by atoms with Crippen LogP contribution in [0.25, 0.3) is 0 Å². The summed E-state index contributed by atoms with van der Waals surface area (Å²) in [6.07, 6.45) is -4.57. The Hall–Kier alpha value is -3.03. The molecule has 0 saturated heterocycles. The smallest absolute Gasteiger partial charge is 0.416 e. The summed E-state index contributed by atoms with van der Waals surface area (Å²) >= 11 is 0. The number of alkyl halides is 3. The number of ether oxygens (including phenoxy) is 1. The highest BCUT2D eigenvalue weighted by Gasteiger charge is 2.31. The van der Waals surface area contributed by atoms with E-state index in [0.29, 0.717) is 11.8 Å². The summed E-state index contributed by atoms with van der Waals surface area (Å²) < 4.78 is 42.9. The van der Waals surface area contributed by atoms with Crippen LogP contribution in [0.4, 0.5) is 24.5 Å². The lowest BCUT2D eigenvalue weighted by Crippen LogP contribution is -2.22. The monoisotopic (exact) mass is 394 g/mol. The van der Waals surface area contributed by atoms with Gasteiger partial charge in [0.05, 0.1) is 11.1 Å². The molecule has 0 aliphatic heterocycles. The van der Waals surface area contributed by atoms with E-state index in [4.69, 9.17) is 10.5 Å². The molecule has 8 heteroatoms. The number of aryl methyl sites for hydroxylation is 1. The maximum absolute atomic E-state index is 12.7. The minimum atomic E-state index is -4.57. The fraction of sp³-hybridized carbons (Fsp3) is 0.300. The molecule has 0 aliphatic rings. The van der Waals surface area contributed by atoms with E-state index in [1.54, 1.807) is 0 Å². The van der Waals surface area contributed by atoms with Gasteiger partial charge in [0.2, 0.25) is 0 Å². The first-order valence-corrected chi connectivity index (χ1v) is 8.54. The van der Waals surface area contributed by atoms with Crippen LogP contribution < -0.4 is 11.1 Å². The standard InChI is InChI=1S/C20H21F3N2O3/c1-11(2)14-6-4-5-12(3)18(14)25-17(26)10-28-19(27)15-8-7-13(9-16(15)24)20(21,22)23/h4-9,11H,10,24H2,1-3H3,(H,25,26). The Morgan fingerprint density at radius 1 is 1.18 bits per heavy atom. The molecule has 3 N–H and O–H groups in total. The number of rotatable bonds is 5. The molecule has 0 bridgehead atoms. The second kappa shape index (κ2) is 8.33. The minimum Gasteiger partial charge on any atom is -0.452 e. The number of carbonyl (C=O) groups excluding carboxylic acids is 2. The Morgan fingerprint density at radius 3 is 2.43 bits per heavy atom. The third-order valence-corrected chi connectivity index (χ3v) is 4.12. The molecule has 0 spiro atoms. The fourth-order valence-corrected chi connectivity index (χ4v) is 2.65. The number of nitrogens with one attached hydrogen (secondary N) is 1. The van der Waals surface area contributed by atoms with Gasteiger partial charge in [-0.2, -0.15) is 13.2 Å². The summed E-state index contributed by atoms with van der Waals surface area (Å²) in [6, 6.07) is 7.93. The van der Waals surface area contributed by atoms with Gasteiger partial charge in [-0.15, -0.1) is 0 Å². The van der Waals surface area contributed by atoms with Gasteiger partial charge in [-0.1, -0.05) is 32.0 Å². The van der Waals surface area contributed by atoms with Gasteiger partial charge in [0.25, 0.3) is 5.91 Å². The highest BCUT2D eigenvalue weighted by molar-refractivity contribution is 5.98. The van der Waals surface area contributed by atoms with Crippen LogP contribution in [0, 0.1) is 6.92 Å². The Bertz CT molecular complexity index is 893. The van der Waals surface area contributed by atoms with Crippen LogP contribution in [0.1, 0.15) is 46.8 Å². The topological polar surface area (TPSA) is 81.4 Å². The fourth-order valence-electron chi connectivity index (χ4n) is 2.65. The number of nitrogens with two attached hydrogens (primary N) is 1. The average molecular weight is 394 g/mol. The van der Waals surface area contributed by atoms with Crippen LogP contribution in [-0.2, 0) is 15.7 Å². The molecule has 2 aromatic rings. The molecule has 0 radical (unpaired) electrons. The predicted molar refractivity (Wildman–Crippen MR) is 100 cm³/mol. The molecule has 0 fully saturated rings. The number of nitrogen functional groups attached to an aromatic ring is 1. The third kappa shape index (κ3) is 5.03. The van der Waals surface area contributed by atoms with E-state index in [1.165, 1.54) is 0 Å². The number of amides is 1.